The summed E-state index contributed by atoms with van der Waals surface area (Å²) in [5.41, 5.74) is 2.43. The van der Waals surface area contributed by atoms with Crippen molar-refractivity contribution >= 4 is 51.6 Å². The number of aryl methyl sites for hydroxylation is 1. The molecule has 0 bridgehead atoms. The summed E-state index contributed by atoms with van der Waals surface area (Å²) in [6.07, 6.45) is 4.80. The van der Waals surface area contributed by atoms with Crippen molar-refractivity contribution in [3.05, 3.63) is 87.0 Å². The minimum Gasteiger partial charge on any atom is -0.324 e. The molecule has 0 saturated heterocycles. The lowest BCUT2D eigenvalue weighted by molar-refractivity contribution is 0.962. The molecule has 0 radical (unpaired) electrons. The van der Waals surface area contributed by atoms with Gasteiger partial charge in [-0.25, -0.2) is 14.5 Å². The third-order valence-corrected chi connectivity index (χ3v) is 5.33. The fraction of sp³-hybridized carbons (Fsp3) is 0.0476. The van der Waals surface area contributed by atoms with Gasteiger partial charge in [0.15, 0.2) is 5.65 Å². The number of nitrogens with one attached hydrogen (secondary N) is 1. The van der Waals surface area contributed by atoms with E-state index >= 15 is 0 Å². The van der Waals surface area contributed by atoms with Gasteiger partial charge in [0, 0.05) is 24.3 Å². The lowest BCUT2D eigenvalue weighted by Crippen LogP contribution is -2.23. The molecule has 148 valence electrons. The molecule has 0 aliphatic carbocycles. The minimum atomic E-state index is -0.361. The number of para-hydroxylation sites is 1. The Bertz CT molecular complexity index is 1450. The first-order valence-electron chi connectivity index (χ1n) is 9.06. The molecule has 0 aliphatic heterocycles. The maximum atomic E-state index is 13.3. The van der Waals surface area contributed by atoms with Crippen LogP contribution in [0.25, 0.3) is 22.5 Å². The number of rotatable bonds is 3. The first kappa shape index (κ1) is 18.6. The van der Waals surface area contributed by atoms with Gasteiger partial charge in [0.25, 0.3) is 5.56 Å². The average Bonchev–Trinajstić information content (AvgIpc) is 3.21. The Morgan fingerprint density at radius 2 is 1.73 bits per heavy atom. The molecular weight excluding hydrogens is 423 g/mol. The van der Waals surface area contributed by atoms with Crippen LogP contribution in [-0.4, -0.2) is 23.9 Å². The summed E-state index contributed by atoms with van der Waals surface area (Å²) >= 11 is 12.7. The van der Waals surface area contributed by atoms with Gasteiger partial charge in [-0.2, -0.15) is 4.98 Å². The first-order chi connectivity index (χ1) is 14.5. The fourth-order valence-corrected chi connectivity index (χ4v) is 3.84. The van der Waals surface area contributed by atoms with Gasteiger partial charge in [-0.3, -0.25) is 9.20 Å². The molecule has 0 spiro atoms. The van der Waals surface area contributed by atoms with E-state index in [0.29, 0.717) is 38.5 Å². The van der Waals surface area contributed by atoms with Crippen molar-refractivity contribution in [2.75, 3.05) is 5.32 Å². The molecule has 5 rings (SSSR count). The number of halogens is 2. The smallest absolute Gasteiger partial charge is 0.270 e. The van der Waals surface area contributed by atoms with Crippen LogP contribution < -0.4 is 10.9 Å². The normalized spacial score (nSPS) is 11.3. The molecule has 0 atom stereocenters. The highest BCUT2D eigenvalue weighted by Gasteiger charge is 2.19. The lowest BCUT2D eigenvalue weighted by Gasteiger charge is -2.13. The quantitative estimate of drug-likeness (QED) is 0.439. The summed E-state index contributed by atoms with van der Waals surface area (Å²) in [5.74, 6) is 0.719. The van der Waals surface area contributed by atoms with Gasteiger partial charge in [-0.15, -0.1) is 0 Å². The molecule has 0 aliphatic rings. The Balaban J connectivity index is 1.74. The van der Waals surface area contributed by atoms with E-state index in [-0.39, 0.29) is 5.56 Å². The van der Waals surface area contributed by atoms with Crippen LogP contribution in [0.3, 0.4) is 0 Å². The number of fused-ring (bicyclic) bond motifs is 3. The largest absolute Gasteiger partial charge is 0.324 e. The molecule has 3 heterocycles. The molecular formula is C21H14Cl2N6O. The van der Waals surface area contributed by atoms with Gasteiger partial charge in [-0.05, 0) is 31.2 Å². The maximum Gasteiger partial charge on any atom is 0.270 e. The van der Waals surface area contributed by atoms with E-state index in [1.807, 2.05) is 31.2 Å². The van der Waals surface area contributed by atoms with Gasteiger partial charge < -0.3 is 5.32 Å². The van der Waals surface area contributed by atoms with Crippen LogP contribution in [0, 0.1) is 6.92 Å². The third kappa shape index (κ3) is 2.99. The first-order valence-corrected chi connectivity index (χ1v) is 9.81. The Kier molecular flexibility index (Phi) is 4.42. The van der Waals surface area contributed by atoms with Crippen LogP contribution in [0.2, 0.25) is 10.0 Å². The molecule has 0 unspecified atom stereocenters. The van der Waals surface area contributed by atoms with Crippen LogP contribution >= 0.6 is 23.2 Å². The van der Waals surface area contributed by atoms with E-state index in [0.717, 1.165) is 11.3 Å². The predicted molar refractivity (Wildman–Crippen MR) is 118 cm³/mol. The van der Waals surface area contributed by atoms with Gasteiger partial charge in [0.2, 0.25) is 11.7 Å². The van der Waals surface area contributed by atoms with Gasteiger partial charge >= 0.3 is 0 Å². The zero-order valence-electron chi connectivity index (χ0n) is 15.7. The van der Waals surface area contributed by atoms with Crippen molar-refractivity contribution in [2.24, 2.45) is 0 Å². The summed E-state index contributed by atoms with van der Waals surface area (Å²) in [6.45, 7) is 2.02. The molecule has 3 aromatic heterocycles. The van der Waals surface area contributed by atoms with Crippen LogP contribution in [0.4, 0.5) is 11.6 Å². The highest BCUT2D eigenvalue weighted by Crippen LogP contribution is 2.29. The third-order valence-electron chi connectivity index (χ3n) is 4.72. The Hall–Kier alpha value is -3.42. The van der Waals surface area contributed by atoms with E-state index in [1.165, 1.54) is 10.8 Å². The van der Waals surface area contributed by atoms with E-state index in [2.05, 4.69) is 20.3 Å². The Labute approximate surface area is 180 Å². The number of benzene rings is 2. The number of hydrogen-bond donors (Lipinski definition) is 1. The predicted octanol–water partition coefficient (Wildman–Crippen LogP) is 4.79. The van der Waals surface area contributed by atoms with Gasteiger partial charge in [0.1, 0.15) is 5.39 Å². The molecule has 9 heteroatoms. The second-order valence-electron chi connectivity index (χ2n) is 6.73. The Morgan fingerprint density at radius 1 is 1.00 bits per heavy atom. The molecule has 7 nitrogen and oxygen atoms in total. The summed E-state index contributed by atoms with van der Waals surface area (Å²) in [7, 11) is 0. The van der Waals surface area contributed by atoms with E-state index < -0.39 is 0 Å². The number of hydrogen-bond acceptors (Lipinski definition) is 5. The highest BCUT2D eigenvalue weighted by atomic mass is 35.5. The number of anilines is 2. The van der Waals surface area contributed by atoms with Crippen molar-refractivity contribution in [1.29, 1.82) is 0 Å². The molecule has 1 N–H and O–H groups in total. The topological polar surface area (TPSA) is 77.1 Å². The van der Waals surface area contributed by atoms with Crippen LogP contribution in [0.5, 0.6) is 0 Å². The van der Waals surface area contributed by atoms with Crippen LogP contribution in [0.15, 0.2) is 65.8 Å². The fourth-order valence-electron chi connectivity index (χ4n) is 3.28. The van der Waals surface area contributed by atoms with E-state index in [4.69, 9.17) is 23.2 Å². The number of nitrogens with zero attached hydrogens (tertiary/aromatic N) is 5. The van der Waals surface area contributed by atoms with Crippen molar-refractivity contribution in [1.82, 2.24) is 23.9 Å². The van der Waals surface area contributed by atoms with Crippen molar-refractivity contribution < 1.29 is 0 Å². The van der Waals surface area contributed by atoms with Crippen LogP contribution in [-0.2, 0) is 0 Å². The zero-order chi connectivity index (χ0) is 20.8. The van der Waals surface area contributed by atoms with Crippen molar-refractivity contribution in [2.45, 2.75) is 6.92 Å². The lowest BCUT2D eigenvalue weighted by atomic mass is 10.2. The zero-order valence-corrected chi connectivity index (χ0v) is 17.2. The molecule has 5 aromatic rings. The van der Waals surface area contributed by atoms with Crippen molar-refractivity contribution in [3.63, 3.8) is 0 Å². The molecule has 0 saturated carbocycles. The molecule has 0 amide bonds. The van der Waals surface area contributed by atoms with Crippen molar-refractivity contribution in [3.8, 4) is 5.69 Å². The SMILES string of the molecule is Cc1ccc(Nc2ncc3c(=O)n(-c4c(Cl)cccc4Cl)c4nccn4c3n2)cc1. The maximum absolute atomic E-state index is 13.3. The summed E-state index contributed by atoms with van der Waals surface area (Å²) in [5, 5.41) is 4.15. The molecule has 0 fully saturated rings. The summed E-state index contributed by atoms with van der Waals surface area (Å²) < 4.78 is 3.09. The second kappa shape index (κ2) is 7.12. The Morgan fingerprint density at radius 3 is 2.47 bits per heavy atom. The number of imidazole rings is 1. The van der Waals surface area contributed by atoms with E-state index in [9.17, 15) is 4.79 Å². The molecule has 30 heavy (non-hydrogen) atoms. The summed E-state index contributed by atoms with van der Waals surface area (Å²) in [4.78, 5) is 26.6. The average molecular weight is 437 g/mol. The monoisotopic (exact) mass is 436 g/mol. The van der Waals surface area contributed by atoms with Gasteiger partial charge in [-0.1, -0.05) is 47.0 Å². The minimum absolute atomic E-state index is 0.311. The van der Waals surface area contributed by atoms with Crippen LogP contribution in [0.1, 0.15) is 5.56 Å². The molecule has 2 aromatic carbocycles. The summed E-state index contributed by atoms with van der Waals surface area (Å²) in [6, 6.07) is 12.9. The highest BCUT2D eigenvalue weighted by molar-refractivity contribution is 6.37. The number of aromatic nitrogens is 5. The van der Waals surface area contributed by atoms with Gasteiger partial charge in [0.05, 0.1) is 15.7 Å². The standard InChI is InChI=1S/C21H14Cl2N6O/c1-12-5-7-13(8-6-12)26-20-25-11-14-18(27-20)28-10-9-24-21(28)29(19(14)30)17-15(22)3-2-4-16(17)23/h2-11H,1H3,(H,25,26,27). The van der Waals surface area contributed by atoms with E-state index in [1.54, 1.807) is 35.0 Å². The second-order valence-corrected chi connectivity index (χ2v) is 7.54.